The summed E-state index contributed by atoms with van der Waals surface area (Å²) in [7, 11) is 0. The quantitative estimate of drug-likeness (QED) is 0.680. The van der Waals surface area contributed by atoms with E-state index in [4.69, 9.17) is 0 Å². The Hall–Kier alpha value is -0.466. The Morgan fingerprint density at radius 3 is 2.14 bits per heavy atom. The fraction of sp³-hybridized carbons (Fsp3) is 0.364. The summed E-state index contributed by atoms with van der Waals surface area (Å²) >= 11 is -1.25. The van der Waals surface area contributed by atoms with E-state index < -0.39 is 19.2 Å². The number of phenols is 1. The molecular formula is C11H16FOTi. The molecule has 14 heavy (non-hydrogen) atoms. The number of aromatic hydroxyl groups is 1. The minimum atomic E-state index is -1.25. The molecule has 3 heteroatoms. The number of benzene rings is 1. The number of phenolic OH excluding ortho intramolecular Hbond substituents is 1. The van der Waals surface area contributed by atoms with Crippen LogP contribution in [0.4, 0.5) is 3.09 Å². The van der Waals surface area contributed by atoms with Gasteiger partial charge in [0.25, 0.3) is 0 Å². The van der Waals surface area contributed by atoms with Gasteiger partial charge in [-0.05, 0) is 23.1 Å². The van der Waals surface area contributed by atoms with Gasteiger partial charge in [0.15, 0.2) is 0 Å². The summed E-state index contributed by atoms with van der Waals surface area (Å²) in [4.78, 5) is 2.94. The monoisotopic (exact) mass is 231 g/mol. The molecule has 1 nitrogen and oxygen atoms in total. The van der Waals surface area contributed by atoms with E-state index in [9.17, 15) is 8.20 Å². The van der Waals surface area contributed by atoms with Crippen LogP contribution in [0.15, 0.2) is 24.3 Å². The molecule has 0 bridgehead atoms. The molecule has 1 N–H and O–H groups in total. The van der Waals surface area contributed by atoms with Gasteiger partial charge in [0.1, 0.15) is 5.75 Å². The van der Waals surface area contributed by atoms with Crippen LogP contribution in [-0.4, -0.2) is 9.92 Å². The maximum atomic E-state index is 10.3. The summed E-state index contributed by atoms with van der Waals surface area (Å²) in [5, 5.41) is 9.18. The first-order chi connectivity index (χ1) is 6.41. The molecule has 0 radical (unpaired) electrons. The zero-order valence-corrected chi connectivity index (χ0v) is 10.4. The second-order valence-corrected chi connectivity index (χ2v) is 4.35. The van der Waals surface area contributed by atoms with Gasteiger partial charge in [-0.1, -0.05) is 32.9 Å². The Morgan fingerprint density at radius 1 is 1.36 bits per heavy atom. The molecule has 0 saturated carbocycles. The summed E-state index contributed by atoms with van der Waals surface area (Å²) in [6.07, 6.45) is 0. The van der Waals surface area contributed by atoms with Crippen LogP contribution < -0.4 is 0 Å². The first-order valence-corrected chi connectivity index (χ1v) is 6.03. The van der Waals surface area contributed by atoms with Gasteiger partial charge in [-0.15, -0.1) is 0 Å². The van der Waals surface area contributed by atoms with Gasteiger partial charge in [-0.25, -0.2) is 0 Å². The Kier molecular flexibility index (Phi) is 5.90. The van der Waals surface area contributed by atoms with E-state index in [2.05, 4.69) is 25.6 Å². The van der Waals surface area contributed by atoms with Crippen LogP contribution in [-0.2, 0) is 24.6 Å². The summed E-state index contributed by atoms with van der Waals surface area (Å²) in [5.74, 6) is 0.345. The second kappa shape index (κ2) is 6.10. The van der Waals surface area contributed by atoms with Crippen molar-refractivity contribution in [2.45, 2.75) is 26.2 Å². The van der Waals surface area contributed by atoms with E-state index in [0.29, 0.717) is 5.75 Å². The number of hydrogen-bond donors (Lipinski definition) is 1. The molecule has 1 aromatic carbocycles. The van der Waals surface area contributed by atoms with Crippen LogP contribution in [0.5, 0.6) is 5.75 Å². The zero-order valence-electron chi connectivity index (χ0n) is 8.84. The average Bonchev–Trinajstić information content (AvgIpc) is 2.04. The molecule has 0 saturated heterocycles. The predicted octanol–water partition coefficient (Wildman–Crippen LogP) is 3.08. The average molecular weight is 231 g/mol. The third-order valence-electron chi connectivity index (χ3n) is 1.71. The van der Waals surface area contributed by atoms with Gasteiger partial charge < -0.3 is 5.11 Å². The van der Waals surface area contributed by atoms with Crippen LogP contribution in [0.2, 0.25) is 0 Å². The number of rotatable bonds is 0. The number of halogens is 1. The predicted molar refractivity (Wildman–Crippen MR) is 55.0 cm³/mol. The van der Waals surface area contributed by atoms with Crippen LogP contribution in [0.3, 0.4) is 0 Å². The molecule has 77 valence electrons. The molecule has 0 aromatic heterocycles. The van der Waals surface area contributed by atoms with E-state index in [1.165, 1.54) is 0 Å². The Balaban J connectivity index is 0.000000500. The molecule has 1 aromatic rings. The van der Waals surface area contributed by atoms with Gasteiger partial charge in [-0.3, -0.25) is 0 Å². The van der Waals surface area contributed by atoms with E-state index in [1.807, 2.05) is 12.1 Å². The van der Waals surface area contributed by atoms with Crippen LogP contribution >= 0.6 is 0 Å². The van der Waals surface area contributed by atoms with Crippen LogP contribution in [0, 0.1) is 0 Å². The summed E-state index contributed by atoms with van der Waals surface area (Å²) in [6, 6.07) is 7.39. The van der Waals surface area contributed by atoms with E-state index in [0.717, 1.165) is 5.56 Å². The molecule has 0 heterocycles. The van der Waals surface area contributed by atoms with Crippen molar-refractivity contribution in [3.63, 3.8) is 0 Å². The number of hydrogen-bond acceptors (Lipinski definition) is 1. The first-order valence-electron chi connectivity index (χ1n) is 4.34. The summed E-state index contributed by atoms with van der Waals surface area (Å²) < 4.78 is 10.3. The molecule has 0 unspecified atom stereocenters. The van der Waals surface area contributed by atoms with Crippen molar-refractivity contribution in [2.75, 3.05) is 0 Å². The third kappa shape index (κ3) is 5.30. The van der Waals surface area contributed by atoms with E-state index >= 15 is 0 Å². The SMILES string of the molecule is CC(C)(C)c1cccc(O)c1.[CH2]=[Ti][F]. The second-order valence-electron chi connectivity index (χ2n) is 3.93. The molecule has 1 rings (SSSR count). The summed E-state index contributed by atoms with van der Waals surface area (Å²) in [5.41, 5.74) is 1.29. The van der Waals surface area contributed by atoms with E-state index in [-0.39, 0.29) is 5.41 Å². The van der Waals surface area contributed by atoms with Crippen LogP contribution in [0.1, 0.15) is 26.3 Å². The third-order valence-corrected chi connectivity index (χ3v) is 1.71. The van der Waals surface area contributed by atoms with Gasteiger partial charge >= 0.3 is 27.1 Å². The normalized spacial score (nSPS) is 9.71. The molecule has 0 aliphatic carbocycles. The van der Waals surface area contributed by atoms with Crippen molar-refractivity contribution in [1.29, 1.82) is 0 Å². The standard InChI is InChI=1S/C10H14O.CH2.FH.Ti/c1-10(2,3)8-5-4-6-9(11)7-8;;;/h4-7,11H,1-3H3;1H2;1H;/q;;;+1/p-1. The van der Waals surface area contributed by atoms with Crippen molar-refractivity contribution in [2.24, 2.45) is 0 Å². The Bertz CT molecular complexity index is 292. The molecular weight excluding hydrogens is 215 g/mol. The fourth-order valence-corrected chi connectivity index (χ4v) is 0.972. The summed E-state index contributed by atoms with van der Waals surface area (Å²) in [6.45, 7) is 6.38. The van der Waals surface area contributed by atoms with E-state index in [1.54, 1.807) is 12.1 Å². The minimum absolute atomic E-state index is 0.124. The van der Waals surface area contributed by atoms with Gasteiger partial charge in [-0.2, -0.15) is 0 Å². The Labute approximate surface area is 94.1 Å². The van der Waals surface area contributed by atoms with Crippen molar-refractivity contribution >= 4 is 4.82 Å². The topological polar surface area (TPSA) is 20.2 Å². The molecule has 0 aliphatic heterocycles. The van der Waals surface area contributed by atoms with Crippen LogP contribution in [0.25, 0.3) is 0 Å². The molecule has 0 fully saturated rings. The van der Waals surface area contributed by atoms with Gasteiger partial charge in [0.05, 0.1) is 0 Å². The Morgan fingerprint density at radius 2 is 1.86 bits per heavy atom. The molecule has 0 amide bonds. The van der Waals surface area contributed by atoms with Crippen molar-refractivity contribution in [3.8, 4) is 5.75 Å². The van der Waals surface area contributed by atoms with Crippen molar-refractivity contribution in [1.82, 2.24) is 0 Å². The molecule has 0 spiro atoms. The fourth-order valence-electron chi connectivity index (χ4n) is 0.972. The zero-order chi connectivity index (χ0) is 11.2. The van der Waals surface area contributed by atoms with Gasteiger partial charge in [0, 0.05) is 0 Å². The maximum absolute atomic E-state index is 10.3. The molecule has 0 aliphatic rings. The molecule has 0 atom stereocenters. The first kappa shape index (κ1) is 13.5. The van der Waals surface area contributed by atoms with Gasteiger partial charge in [0.2, 0.25) is 0 Å². The van der Waals surface area contributed by atoms with Crippen molar-refractivity contribution < 1.29 is 27.4 Å². The van der Waals surface area contributed by atoms with Crippen molar-refractivity contribution in [3.05, 3.63) is 29.8 Å².